The second kappa shape index (κ2) is 35.9. The van der Waals surface area contributed by atoms with Crippen molar-refractivity contribution in [3.05, 3.63) is 59.7 Å². The monoisotopic (exact) mass is 873 g/mol. The maximum Gasteiger partial charge on any atom is 0.407 e. The van der Waals surface area contributed by atoms with Gasteiger partial charge in [-0.1, -0.05) is 255 Å². The fourth-order valence-corrected chi connectivity index (χ4v) is 9.56. The lowest BCUT2D eigenvalue weighted by atomic mass is 9.98. The lowest BCUT2D eigenvalue weighted by Gasteiger charge is -2.28. The van der Waals surface area contributed by atoms with Gasteiger partial charge in [0.05, 0.1) is 0 Å². The van der Waals surface area contributed by atoms with E-state index in [4.69, 9.17) is 4.74 Å². The van der Waals surface area contributed by atoms with E-state index >= 15 is 0 Å². The molecular weight excluding hydrogens is 781 g/mol. The van der Waals surface area contributed by atoms with Gasteiger partial charge in [-0.2, -0.15) is 0 Å². The van der Waals surface area contributed by atoms with Crippen LogP contribution in [0.2, 0.25) is 0 Å². The van der Waals surface area contributed by atoms with Gasteiger partial charge in [0.25, 0.3) is 0 Å². The van der Waals surface area contributed by atoms with Crippen LogP contribution in [-0.2, 0) is 14.3 Å². The number of aliphatic carboxylic acids is 1. The first-order chi connectivity index (χ1) is 31.0. The predicted octanol–water partition coefficient (Wildman–Crippen LogP) is 16.1. The molecule has 7 heteroatoms. The van der Waals surface area contributed by atoms with Crippen molar-refractivity contribution in [3.63, 3.8) is 0 Å². The lowest BCUT2D eigenvalue weighted by Crippen LogP contribution is -2.49. The number of rotatable bonds is 41. The Labute approximate surface area is 385 Å². The van der Waals surface area contributed by atoms with Crippen molar-refractivity contribution in [3.8, 4) is 11.1 Å². The fraction of sp³-hybridized carbons (Fsp3) is 0.732. The third-order valence-corrected chi connectivity index (χ3v) is 13.5. The molecule has 1 atom stereocenters. The Bertz CT molecular complexity index is 1400. The Morgan fingerprint density at radius 2 is 0.857 bits per heavy atom. The van der Waals surface area contributed by atoms with Gasteiger partial charge in [-0.25, -0.2) is 4.79 Å². The van der Waals surface area contributed by atoms with Crippen LogP contribution in [0.1, 0.15) is 249 Å². The first-order valence-corrected chi connectivity index (χ1v) is 26.6. The van der Waals surface area contributed by atoms with E-state index in [1.807, 2.05) is 29.2 Å². The van der Waals surface area contributed by atoms with Crippen LogP contribution in [-0.4, -0.2) is 53.7 Å². The number of nitrogens with zero attached hydrogens (tertiary/aromatic N) is 1. The summed E-state index contributed by atoms with van der Waals surface area (Å²) in [4.78, 5) is 41.2. The zero-order valence-corrected chi connectivity index (χ0v) is 40.5. The Kier molecular flexibility index (Phi) is 30.8. The number of carbonyl (C=O) groups excluding carboxylic acids is 2. The van der Waals surface area contributed by atoms with Crippen LogP contribution in [0, 0.1) is 0 Å². The van der Waals surface area contributed by atoms with Gasteiger partial charge in [-0.05, 0) is 41.5 Å². The second-order valence-electron chi connectivity index (χ2n) is 18.9. The molecule has 0 unspecified atom stereocenters. The van der Waals surface area contributed by atoms with Crippen LogP contribution in [0.3, 0.4) is 0 Å². The molecule has 0 saturated carbocycles. The van der Waals surface area contributed by atoms with E-state index in [1.165, 1.54) is 180 Å². The minimum atomic E-state index is -0.982. The summed E-state index contributed by atoms with van der Waals surface area (Å²) < 4.78 is 5.83. The number of hydrogen-bond acceptors (Lipinski definition) is 4. The topological polar surface area (TPSA) is 95.9 Å². The molecule has 0 aliphatic heterocycles. The number of fused-ring (bicyclic) bond motifs is 3. The third kappa shape index (κ3) is 24.0. The molecule has 0 spiro atoms. The van der Waals surface area contributed by atoms with E-state index in [0.717, 1.165) is 47.9 Å². The molecule has 63 heavy (non-hydrogen) atoms. The zero-order valence-electron chi connectivity index (χ0n) is 40.5. The van der Waals surface area contributed by atoms with E-state index in [0.29, 0.717) is 13.1 Å². The minimum absolute atomic E-state index is 0.0345. The largest absolute Gasteiger partial charge is 0.481 e. The number of carbonyl (C=O) groups is 3. The predicted molar refractivity (Wildman–Crippen MR) is 265 cm³/mol. The summed E-state index contributed by atoms with van der Waals surface area (Å²) >= 11 is 0. The quantitative estimate of drug-likeness (QED) is 0.0649. The average Bonchev–Trinajstić information content (AvgIpc) is 3.61. The highest BCUT2D eigenvalue weighted by Gasteiger charge is 2.31. The SMILES string of the molecule is CCCCCCCCCCCCCCCCCCN(CCCCCCCCCCCCCCCCCC)C(=O)[C@H](CCC(=O)O)NC(=O)OCC1c2ccccc2-c2ccccc21. The zero-order chi connectivity index (χ0) is 45.0. The number of nitrogens with one attached hydrogen (secondary N) is 1. The Balaban J connectivity index is 1.43. The van der Waals surface area contributed by atoms with Crippen molar-refractivity contribution in [2.75, 3.05) is 19.7 Å². The van der Waals surface area contributed by atoms with Gasteiger partial charge < -0.3 is 20.1 Å². The van der Waals surface area contributed by atoms with Gasteiger partial charge in [0.15, 0.2) is 0 Å². The number of alkyl carbamates (subject to hydrolysis) is 1. The van der Waals surface area contributed by atoms with Gasteiger partial charge in [-0.3, -0.25) is 9.59 Å². The number of carboxylic acids is 1. The van der Waals surface area contributed by atoms with Gasteiger partial charge >= 0.3 is 12.1 Å². The van der Waals surface area contributed by atoms with E-state index in [1.54, 1.807) is 0 Å². The van der Waals surface area contributed by atoms with Crippen LogP contribution in [0.25, 0.3) is 11.1 Å². The van der Waals surface area contributed by atoms with Crippen molar-refractivity contribution in [2.24, 2.45) is 0 Å². The molecule has 1 aliphatic carbocycles. The highest BCUT2D eigenvalue weighted by molar-refractivity contribution is 5.86. The van der Waals surface area contributed by atoms with E-state index in [9.17, 15) is 19.5 Å². The maximum atomic E-state index is 14.2. The highest BCUT2D eigenvalue weighted by Crippen LogP contribution is 2.44. The van der Waals surface area contributed by atoms with Crippen LogP contribution >= 0.6 is 0 Å². The smallest absolute Gasteiger partial charge is 0.407 e. The maximum absolute atomic E-state index is 14.2. The Morgan fingerprint density at radius 1 is 0.524 bits per heavy atom. The molecule has 0 saturated heterocycles. The summed E-state index contributed by atoms with van der Waals surface area (Å²) in [5.74, 6) is -1.27. The summed E-state index contributed by atoms with van der Waals surface area (Å²) in [6.45, 7) is 5.96. The highest BCUT2D eigenvalue weighted by atomic mass is 16.5. The molecule has 2 aromatic rings. The molecule has 7 nitrogen and oxygen atoms in total. The van der Waals surface area contributed by atoms with Crippen molar-refractivity contribution in [2.45, 2.75) is 244 Å². The van der Waals surface area contributed by atoms with Crippen molar-refractivity contribution in [1.82, 2.24) is 10.2 Å². The van der Waals surface area contributed by atoms with Gasteiger partial charge in [0, 0.05) is 25.4 Å². The molecule has 1 aliphatic rings. The summed E-state index contributed by atoms with van der Waals surface area (Å²) in [7, 11) is 0. The third-order valence-electron chi connectivity index (χ3n) is 13.5. The molecule has 2 N–H and O–H groups in total. The average molecular weight is 873 g/mol. The van der Waals surface area contributed by atoms with E-state index in [2.05, 4.69) is 43.4 Å². The molecule has 3 rings (SSSR count). The van der Waals surface area contributed by atoms with Gasteiger partial charge in [0.1, 0.15) is 12.6 Å². The normalized spacial score (nSPS) is 12.5. The van der Waals surface area contributed by atoms with Crippen LogP contribution < -0.4 is 5.32 Å². The molecular formula is C56H92N2O5. The fourth-order valence-electron chi connectivity index (χ4n) is 9.56. The number of hydrogen-bond donors (Lipinski definition) is 2. The number of ether oxygens (including phenoxy) is 1. The molecule has 0 fully saturated rings. The van der Waals surface area contributed by atoms with E-state index in [-0.39, 0.29) is 31.3 Å². The molecule has 356 valence electrons. The van der Waals surface area contributed by atoms with Gasteiger partial charge in [0.2, 0.25) is 5.91 Å². The first-order valence-electron chi connectivity index (χ1n) is 26.6. The molecule has 0 heterocycles. The molecule has 0 aromatic heterocycles. The summed E-state index contributed by atoms with van der Waals surface area (Å²) in [6, 6.07) is 15.5. The van der Waals surface area contributed by atoms with Crippen molar-refractivity contribution >= 4 is 18.0 Å². The first kappa shape index (κ1) is 54.0. The Morgan fingerprint density at radius 3 is 1.21 bits per heavy atom. The van der Waals surface area contributed by atoms with Crippen LogP contribution in [0.4, 0.5) is 4.79 Å². The number of carboxylic acid groups (broad SMARTS) is 1. The summed E-state index contributed by atoms with van der Waals surface area (Å²) in [5, 5.41) is 12.4. The molecule has 0 bridgehead atoms. The molecule has 2 aromatic carbocycles. The minimum Gasteiger partial charge on any atom is -0.481 e. The van der Waals surface area contributed by atoms with Crippen LogP contribution in [0.15, 0.2) is 48.5 Å². The number of amides is 2. The van der Waals surface area contributed by atoms with Crippen molar-refractivity contribution < 1.29 is 24.2 Å². The summed E-state index contributed by atoms with van der Waals surface area (Å²) in [6.07, 6.45) is 40.6. The van der Waals surface area contributed by atoms with Crippen LogP contribution in [0.5, 0.6) is 0 Å². The standard InChI is InChI=1S/C56H92N2O5/c1-3-5-7-9-11-13-15-17-19-21-23-25-27-29-31-37-45-58(46-38-32-30-28-26-24-22-20-18-16-14-12-10-8-6-4-2)55(61)53(43-44-54(59)60)57-56(62)63-47-52-50-41-35-33-39-48(50)49-40-34-36-42-51(49)52/h33-36,39-42,52-53H,3-32,37-38,43-47H2,1-2H3,(H,57,62)(H,59,60)/t53-/m0/s1. The number of unbranched alkanes of at least 4 members (excludes halogenated alkanes) is 30. The van der Waals surface area contributed by atoms with E-state index < -0.39 is 18.1 Å². The summed E-state index contributed by atoms with van der Waals surface area (Å²) in [5.41, 5.74) is 4.54. The second-order valence-corrected chi connectivity index (χ2v) is 18.9. The lowest BCUT2D eigenvalue weighted by molar-refractivity contribution is -0.138. The van der Waals surface area contributed by atoms with Crippen molar-refractivity contribution in [1.29, 1.82) is 0 Å². The van der Waals surface area contributed by atoms with Gasteiger partial charge in [-0.15, -0.1) is 0 Å². The number of benzene rings is 2. The Hall–Kier alpha value is -3.35. The molecule has 0 radical (unpaired) electrons. The molecule has 2 amide bonds.